The molecule has 4 heterocycles. The second kappa shape index (κ2) is 9.82. The number of aromatic nitrogens is 5. The minimum absolute atomic E-state index is 0.254. The quantitative estimate of drug-likeness (QED) is 0.341. The lowest BCUT2D eigenvalue weighted by Crippen LogP contribution is -2.53. The van der Waals surface area contributed by atoms with E-state index in [0.29, 0.717) is 42.0 Å². The van der Waals surface area contributed by atoms with Gasteiger partial charge in [-0.05, 0) is 73.4 Å². The van der Waals surface area contributed by atoms with E-state index in [1.807, 2.05) is 49.2 Å². The number of hydrogen-bond acceptors (Lipinski definition) is 7. The van der Waals surface area contributed by atoms with Crippen molar-refractivity contribution in [3.05, 3.63) is 83.8 Å². The first-order valence-corrected chi connectivity index (χ1v) is 12.7. The van der Waals surface area contributed by atoms with Gasteiger partial charge in [-0.15, -0.1) is 0 Å². The van der Waals surface area contributed by atoms with E-state index in [9.17, 15) is 9.90 Å². The van der Waals surface area contributed by atoms with Gasteiger partial charge in [0.1, 0.15) is 18.5 Å². The largest absolute Gasteiger partial charge is 0.465 e. The molecule has 6 rings (SSSR count). The van der Waals surface area contributed by atoms with Crippen LogP contribution >= 0.6 is 0 Å². The summed E-state index contributed by atoms with van der Waals surface area (Å²) in [6.07, 6.45) is 4.64. The molecule has 1 atom stereocenters. The van der Waals surface area contributed by atoms with Crippen molar-refractivity contribution in [2.45, 2.75) is 26.3 Å². The molecule has 1 saturated heterocycles. The summed E-state index contributed by atoms with van der Waals surface area (Å²) < 4.78 is 17.7. The number of hydrogen-bond donors (Lipinski definition) is 2. The molecule has 0 unspecified atom stereocenters. The van der Waals surface area contributed by atoms with E-state index >= 15 is 4.39 Å². The van der Waals surface area contributed by atoms with Gasteiger partial charge in [0.25, 0.3) is 0 Å². The van der Waals surface area contributed by atoms with Gasteiger partial charge in [-0.2, -0.15) is 5.10 Å². The first kappa shape index (κ1) is 24.5. The highest BCUT2D eigenvalue weighted by Gasteiger charge is 2.29. The predicted octanol–water partition coefficient (Wildman–Crippen LogP) is 4.64. The molecule has 10 nitrogen and oxygen atoms in total. The Bertz CT molecular complexity index is 1700. The van der Waals surface area contributed by atoms with Crippen molar-refractivity contribution >= 4 is 39.8 Å². The fraction of sp³-hybridized carbons (Fsp3) is 0.250. The summed E-state index contributed by atoms with van der Waals surface area (Å²) in [6.45, 7) is 4.98. The molecule has 2 aromatic carbocycles. The van der Waals surface area contributed by atoms with E-state index in [4.69, 9.17) is 0 Å². The molecule has 0 bridgehead atoms. The number of pyridine rings is 1. The molecule has 1 aliphatic heterocycles. The number of rotatable bonds is 5. The zero-order chi connectivity index (χ0) is 27.1. The number of carboxylic acid groups (broad SMARTS) is 1. The maximum atomic E-state index is 16.0. The number of nitrogens with one attached hydrogen (secondary N) is 1. The molecule has 198 valence electrons. The van der Waals surface area contributed by atoms with E-state index in [2.05, 4.69) is 31.4 Å². The number of benzene rings is 2. The first-order chi connectivity index (χ1) is 18.9. The van der Waals surface area contributed by atoms with Crippen molar-refractivity contribution in [3.8, 4) is 0 Å². The number of aryl methyl sites for hydroxylation is 1. The Balaban J connectivity index is 1.26. The minimum atomic E-state index is -0.960. The highest BCUT2D eigenvalue weighted by atomic mass is 19.1. The molecule has 1 aliphatic rings. The third kappa shape index (κ3) is 4.67. The molecule has 0 radical (unpaired) electrons. The van der Waals surface area contributed by atoms with Gasteiger partial charge in [-0.25, -0.2) is 28.7 Å². The van der Waals surface area contributed by atoms with Crippen LogP contribution in [0.5, 0.6) is 0 Å². The van der Waals surface area contributed by atoms with E-state index in [1.165, 1.54) is 23.1 Å². The summed E-state index contributed by atoms with van der Waals surface area (Å²) in [5.74, 6) is -0.0511. The summed E-state index contributed by atoms with van der Waals surface area (Å²) in [5.41, 5.74) is 5.88. The van der Waals surface area contributed by atoms with Gasteiger partial charge in [0.2, 0.25) is 0 Å². The predicted molar refractivity (Wildman–Crippen MR) is 146 cm³/mol. The Morgan fingerprint density at radius 2 is 1.97 bits per heavy atom. The molecule has 1 amide bonds. The van der Waals surface area contributed by atoms with E-state index in [1.54, 1.807) is 16.6 Å². The van der Waals surface area contributed by atoms with Gasteiger partial charge >= 0.3 is 6.09 Å². The van der Waals surface area contributed by atoms with Crippen LogP contribution in [-0.2, 0) is 6.42 Å². The number of carbonyl (C=O) groups is 1. The molecule has 3 aromatic heterocycles. The van der Waals surface area contributed by atoms with Crippen LogP contribution in [0.1, 0.15) is 23.6 Å². The van der Waals surface area contributed by atoms with Crippen LogP contribution in [0.2, 0.25) is 0 Å². The van der Waals surface area contributed by atoms with Crippen LogP contribution < -0.4 is 10.2 Å². The zero-order valence-corrected chi connectivity index (χ0v) is 21.5. The molecule has 2 N–H and O–H groups in total. The van der Waals surface area contributed by atoms with Crippen molar-refractivity contribution in [1.29, 1.82) is 0 Å². The standard InChI is InChI=1S/C28H27FN8O2/c1-17-11-21(4-3-20(17)12-19-7-8-37-24(13-19)31-16-33-37)34-27-25-22(30-15-32-27)5-6-23(26(25)29)35-9-10-36(28(38)39)18(2)14-35/h3-8,11,13,15-16,18H,9-10,12,14H2,1-2H3,(H,38,39)(H,30,32,34)/t18-/m1/s1. The van der Waals surface area contributed by atoms with Crippen LogP contribution in [0.4, 0.5) is 26.4 Å². The normalized spacial score (nSPS) is 15.7. The topological polar surface area (TPSA) is 112 Å². The van der Waals surface area contributed by atoms with Crippen LogP contribution in [-0.4, -0.2) is 66.3 Å². The Morgan fingerprint density at radius 3 is 2.77 bits per heavy atom. The van der Waals surface area contributed by atoms with Gasteiger partial charge in [0.05, 0.1) is 16.6 Å². The third-order valence-corrected chi connectivity index (χ3v) is 7.28. The first-order valence-electron chi connectivity index (χ1n) is 12.7. The molecule has 0 spiro atoms. The fourth-order valence-electron chi connectivity index (χ4n) is 5.20. The highest BCUT2D eigenvalue weighted by Crippen LogP contribution is 2.33. The molecular weight excluding hydrogens is 499 g/mol. The summed E-state index contributed by atoms with van der Waals surface area (Å²) in [6, 6.07) is 13.3. The SMILES string of the molecule is Cc1cc(Nc2ncnc3ccc(N4CCN(C(=O)O)[C@H](C)C4)c(F)c23)ccc1Cc1ccn2ncnc2c1. The van der Waals surface area contributed by atoms with Crippen molar-refractivity contribution in [3.63, 3.8) is 0 Å². The zero-order valence-electron chi connectivity index (χ0n) is 21.5. The average Bonchev–Trinajstić information content (AvgIpc) is 3.38. The van der Waals surface area contributed by atoms with Crippen LogP contribution in [0.3, 0.4) is 0 Å². The second-order valence-electron chi connectivity index (χ2n) is 9.83. The number of nitrogens with zero attached hydrogens (tertiary/aromatic N) is 7. The number of halogens is 1. The molecule has 0 aliphatic carbocycles. The van der Waals surface area contributed by atoms with Crippen molar-refractivity contribution in [2.75, 3.05) is 29.9 Å². The van der Waals surface area contributed by atoms with Crippen molar-refractivity contribution in [1.82, 2.24) is 29.5 Å². The number of fused-ring (bicyclic) bond motifs is 2. The Kier molecular flexibility index (Phi) is 6.18. The van der Waals surface area contributed by atoms with Crippen LogP contribution in [0, 0.1) is 12.7 Å². The van der Waals surface area contributed by atoms with E-state index < -0.39 is 11.9 Å². The molecule has 0 saturated carbocycles. The Morgan fingerprint density at radius 1 is 1.10 bits per heavy atom. The minimum Gasteiger partial charge on any atom is -0.465 e. The molecule has 1 fully saturated rings. The number of anilines is 3. The highest BCUT2D eigenvalue weighted by molar-refractivity contribution is 5.94. The smallest absolute Gasteiger partial charge is 0.407 e. The maximum absolute atomic E-state index is 16.0. The molecule has 39 heavy (non-hydrogen) atoms. The summed E-state index contributed by atoms with van der Waals surface area (Å²) in [7, 11) is 0. The third-order valence-electron chi connectivity index (χ3n) is 7.28. The van der Waals surface area contributed by atoms with Gasteiger partial charge in [0, 0.05) is 37.6 Å². The van der Waals surface area contributed by atoms with Crippen molar-refractivity contribution in [2.24, 2.45) is 0 Å². The van der Waals surface area contributed by atoms with E-state index in [0.717, 1.165) is 28.9 Å². The average molecular weight is 527 g/mol. The molecular formula is C28H27FN8O2. The monoisotopic (exact) mass is 526 g/mol. The Labute approximate surface area is 223 Å². The second-order valence-corrected chi connectivity index (χ2v) is 9.83. The number of piperazine rings is 1. The van der Waals surface area contributed by atoms with Gasteiger partial charge in [-0.1, -0.05) is 6.07 Å². The molecule has 5 aromatic rings. The van der Waals surface area contributed by atoms with Crippen molar-refractivity contribution < 1.29 is 14.3 Å². The number of amides is 1. The lowest BCUT2D eigenvalue weighted by atomic mass is 10.0. The summed E-state index contributed by atoms with van der Waals surface area (Å²) in [5, 5.41) is 17.1. The Hall–Kier alpha value is -4.80. The van der Waals surface area contributed by atoms with Gasteiger partial charge in [0.15, 0.2) is 11.5 Å². The van der Waals surface area contributed by atoms with Gasteiger partial charge < -0.3 is 20.2 Å². The van der Waals surface area contributed by atoms with Crippen LogP contribution in [0.15, 0.2) is 61.3 Å². The lowest BCUT2D eigenvalue weighted by molar-refractivity contribution is 0.122. The lowest BCUT2D eigenvalue weighted by Gasteiger charge is -2.39. The fourth-order valence-corrected chi connectivity index (χ4v) is 5.20. The summed E-state index contributed by atoms with van der Waals surface area (Å²) >= 11 is 0. The summed E-state index contributed by atoms with van der Waals surface area (Å²) in [4.78, 5) is 27.6. The van der Waals surface area contributed by atoms with Gasteiger partial charge in [-0.3, -0.25) is 0 Å². The maximum Gasteiger partial charge on any atom is 0.407 e. The molecule has 11 heteroatoms. The van der Waals surface area contributed by atoms with Crippen LogP contribution in [0.25, 0.3) is 16.6 Å². The van der Waals surface area contributed by atoms with E-state index in [-0.39, 0.29) is 6.04 Å².